The second kappa shape index (κ2) is 15.7. The molecule has 0 aliphatic heterocycles. The van der Waals surface area contributed by atoms with Crippen molar-refractivity contribution in [3.8, 4) is 28.4 Å². The Bertz CT molecular complexity index is 1390. The van der Waals surface area contributed by atoms with Gasteiger partial charge in [-0.25, -0.2) is 9.59 Å². The lowest BCUT2D eigenvalue weighted by molar-refractivity contribution is -0.137. The van der Waals surface area contributed by atoms with E-state index in [9.17, 15) is 9.59 Å². The van der Waals surface area contributed by atoms with Gasteiger partial charge in [-0.3, -0.25) is 0 Å². The van der Waals surface area contributed by atoms with Gasteiger partial charge in [-0.2, -0.15) is 0 Å². The number of ether oxygens (including phenoxy) is 4. The summed E-state index contributed by atoms with van der Waals surface area (Å²) in [6, 6.07) is 31.8. The average molecular weight is 551 g/mol. The standard InChI is InChI=1S/C35H34O6/c1-38-31-20-22-33(23-21-31)41-35(37)30-14-12-28(13-15-30)29-16-18-32(19-17-29)39-25-7-2-3-8-26-40-34(36)24-11-27-9-5-4-6-10-27/h4-6,9-24H,2-3,7-8,25-26H2,1H3/b24-11+. The van der Waals surface area contributed by atoms with Crippen LogP contribution < -0.4 is 14.2 Å². The SMILES string of the molecule is COc1ccc(OC(=O)c2ccc(-c3ccc(OCCCCCCOC(=O)/C=C/c4ccccc4)cc3)cc2)cc1. The number of esters is 2. The number of carbonyl (C=O) groups is 2. The van der Waals surface area contributed by atoms with Gasteiger partial charge in [-0.1, -0.05) is 54.6 Å². The summed E-state index contributed by atoms with van der Waals surface area (Å²) in [6.07, 6.45) is 6.95. The van der Waals surface area contributed by atoms with Crippen LogP contribution in [0.25, 0.3) is 17.2 Å². The van der Waals surface area contributed by atoms with Crippen LogP contribution in [0.3, 0.4) is 0 Å². The maximum Gasteiger partial charge on any atom is 0.343 e. The van der Waals surface area contributed by atoms with Gasteiger partial charge in [0, 0.05) is 6.08 Å². The van der Waals surface area contributed by atoms with Gasteiger partial charge >= 0.3 is 11.9 Å². The van der Waals surface area contributed by atoms with Crippen LogP contribution in [0.4, 0.5) is 0 Å². The number of benzene rings is 4. The first-order valence-electron chi connectivity index (χ1n) is 13.7. The van der Waals surface area contributed by atoms with Crippen molar-refractivity contribution in [2.45, 2.75) is 25.7 Å². The van der Waals surface area contributed by atoms with Gasteiger partial charge in [0.2, 0.25) is 0 Å². The van der Waals surface area contributed by atoms with Crippen LogP contribution in [0, 0.1) is 0 Å². The number of unbranched alkanes of at least 4 members (excludes halogenated alkanes) is 3. The number of methoxy groups -OCH3 is 1. The van der Waals surface area contributed by atoms with Crippen molar-refractivity contribution in [3.63, 3.8) is 0 Å². The van der Waals surface area contributed by atoms with Crippen LogP contribution in [0.2, 0.25) is 0 Å². The van der Waals surface area contributed by atoms with Crippen molar-refractivity contribution in [2.75, 3.05) is 20.3 Å². The minimum Gasteiger partial charge on any atom is -0.497 e. The molecule has 4 aromatic carbocycles. The zero-order valence-corrected chi connectivity index (χ0v) is 23.2. The first-order valence-corrected chi connectivity index (χ1v) is 13.7. The summed E-state index contributed by atoms with van der Waals surface area (Å²) >= 11 is 0. The Labute approximate surface area is 241 Å². The van der Waals surface area contributed by atoms with E-state index in [1.165, 1.54) is 6.08 Å². The van der Waals surface area contributed by atoms with Crippen molar-refractivity contribution in [2.24, 2.45) is 0 Å². The highest BCUT2D eigenvalue weighted by molar-refractivity contribution is 5.91. The molecule has 0 atom stereocenters. The second-order valence-corrected chi connectivity index (χ2v) is 9.34. The molecular formula is C35H34O6. The van der Waals surface area contributed by atoms with Crippen molar-refractivity contribution >= 4 is 18.0 Å². The van der Waals surface area contributed by atoms with E-state index in [-0.39, 0.29) is 5.97 Å². The largest absolute Gasteiger partial charge is 0.497 e. The van der Waals surface area contributed by atoms with E-state index >= 15 is 0 Å². The van der Waals surface area contributed by atoms with Gasteiger partial charge in [0.1, 0.15) is 17.2 Å². The molecule has 0 aliphatic rings. The molecule has 0 heterocycles. The smallest absolute Gasteiger partial charge is 0.343 e. The number of hydrogen-bond acceptors (Lipinski definition) is 6. The fourth-order valence-electron chi connectivity index (χ4n) is 4.05. The van der Waals surface area contributed by atoms with Gasteiger partial charge in [0.05, 0.1) is 25.9 Å². The molecule has 4 rings (SSSR count). The summed E-state index contributed by atoms with van der Waals surface area (Å²) < 4.78 is 21.7. The number of rotatable bonds is 14. The van der Waals surface area contributed by atoms with Crippen LogP contribution in [0.5, 0.6) is 17.2 Å². The lowest BCUT2D eigenvalue weighted by atomic mass is 10.0. The van der Waals surface area contributed by atoms with Crippen LogP contribution in [-0.4, -0.2) is 32.3 Å². The first kappa shape index (κ1) is 29.2. The lowest BCUT2D eigenvalue weighted by Gasteiger charge is -2.09. The molecule has 0 fully saturated rings. The third-order valence-electron chi connectivity index (χ3n) is 6.34. The van der Waals surface area contributed by atoms with Gasteiger partial charge < -0.3 is 18.9 Å². The van der Waals surface area contributed by atoms with Crippen LogP contribution in [0.1, 0.15) is 41.6 Å². The van der Waals surface area contributed by atoms with Crippen LogP contribution in [0.15, 0.2) is 109 Å². The van der Waals surface area contributed by atoms with Crippen molar-refractivity contribution in [1.82, 2.24) is 0 Å². The van der Waals surface area contributed by atoms with Crippen molar-refractivity contribution < 1.29 is 28.5 Å². The second-order valence-electron chi connectivity index (χ2n) is 9.34. The maximum atomic E-state index is 12.5. The Morgan fingerprint density at radius 1 is 0.634 bits per heavy atom. The molecule has 0 amide bonds. The quantitative estimate of drug-likeness (QED) is 0.0691. The Balaban J connectivity index is 1.11. The molecule has 0 unspecified atom stereocenters. The Morgan fingerprint density at radius 3 is 1.88 bits per heavy atom. The van der Waals surface area contributed by atoms with Gasteiger partial charge in [0.25, 0.3) is 0 Å². The van der Waals surface area contributed by atoms with Gasteiger partial charge in [-0.15, -0.1) is 0 Å². The Morgan fingerprint density at radius 2 is 1.22 bits per heavy atom. The van der Waals surface area contributed by atoms with Crippen LogP contribution in [-0.2, 0) is 9.53 Å². The third-order valence-corrected chi connectivity index (χ3v) is 6.34. The maximum absolute atomic E-state index is 12.5. The minimum atomic E-state index is -0.414. The van der Waals surface area contributed by atoms with E-state index in [4.69, 9.17) is 18.9 Å². The van der Waals surface area contributed by atoms with E-state index in [0.717, 1.165) is 48.1 Å². The van der Waals surface area contributed by atoms with Crippen molar-refractivity contribution in [1.29, 1.82) is 0 Å². The number of carbonyl (C=O) groups excluding carboxylic acids is 2. The Hall–Kier alpha value is -4.84. The molecule has 0 saturated heterocycles. The predicted octanol–water partition coefficient (Wildman–Crippen LogP) is 7.78. The highest BCUT2D eigenvalue weighted by Crippen LogP contribution is 2.24. The predicted molar refractivity (Wildman–Crippen MR) is 160 cm³/mol. The molecule has 210 valence electrons. The summed E-state index contributed by atoms with van der Waals surface area (Å²) in [4.78, 5) is 24.3. The summed E-state index contributed by atoms with van der Waals surface area (Å²) in [5, 5.41) is 0. The van der Waals surface area contributed by atoms with E-state index in [0.29, 0.717) is 30.3 Å². The molecule has 0 radical (unpaired) electrons. The summed E-state index contributed by atoms with van der Waals surface area (Å²) in [7, 11) is 1.59. The molecule has 0 bridgehead atoms. The fourth-order valence-corrected chi connectivity index (χ4v) is 4.05. The molecule has 6 nitrogen and oxygen atoms in total. The van der Waals surface area contributed by atoms with Gasteiger partial charge in [-0.05, 0) is 97.0 Å². The summed E-state index contributed by atoms with van der Waals surface area (Å²) in [5.41, 5.74) is 3.47. The normalized spacial score (nSPS) is 10.8. The molecule has 0 aliphatic carbocycles. The zero-order chi connectivity index (χ0) is 28.7. The molecule has 0 spiro atoms. The molecule has 0 aromatic heterocycles. The monoisotopic (exact) mass is 550 g/mol. The first-order chi connectivity index (χ1) is 20.1. The summed E-state index contributed by atoms with van der Waals surface area (Å²) in [5.74, 6) is 1.24. The highest BCUT2D eigenvalue weighted by atomic mass is 16.5. The number of hydrogen-bond donors (Lipinski definition) is 0. The van der Waals surface area contributed by atoms with Crippen molar-refractivity contribution in [3.05, 3.63) is 120 Å². The van der Waals surface area contributed by atoms with Crippen LogP contribution >= 0.6 is 0 Å². The topological polar surface area (TPSA) is 71.1 Å². The average Bonchev–Trinajstić information content (AvgIpc) is 3.02. The Kier molecular flexibility index (Phi) is 11.1. The molecule has 41 heavy (non-hydrogen) atoms. The molecule has 6 heteroatoms. The fraction of sp³-hybridized carbons (Fsp3) is 0.200. The highest BCUT2D eigenvalue weighted by Gasteiger charge is 2.09. The van der Waals surface area contributed by atoms with E-state index in [2.05, 4.69) is 0 Å². The zero-order valence-electron chi connectivity index (χ0n) is 23.2. The molecular weight excluding hydrogens is 516 g/mol. The van der Waals surface area contributed by atoms with E-state index in [1.54, 1.807) is 49.6 Å². The minimum absolute atomic E-state index is 0.316. The summed E-state index contributed by atoms with van der Waals surface area (Å²) in [6.45, 7) is 1.05. The molecule has 0 N–H and O–H groups in total. The van der Waals surface area contributed by atoms with E-state index < -0.39 is 5.97 Å². The molecule has 4 aromatic rings. The van der Waals surface area contributed by atoms with Gasteiger partial charge in [0.15, 0.2) is 0 Å². The van der Waals surface area contributed by atoms with E-state index in [1.807, 2.05) is 66.7 Å². The molecule has 0 saturated carbocycles. The third kappa shape index (κ3) is 9.69. The lowest BCUT2D eigenvalue weighted by Crippen LogP contribution is -2.08.